The van der Waals surface area contributed by atoms with Crippen molar-refractivity contribution in [1.29, 1.82) is 0 Å². The number of aliphatic imine (C=N–C) groups is 1. The van der Waals surface area contributed by atoms with Crippen molar-refractivity contribution in [2.24, 2.45) is 4.99 Å². The maximum atomic E-state index is 10.9. The molecule has 0 atom stereocenters. The topological polar surface area (TPSA) is 64.7 Å². The largest absolute Gasteiger partial charge is 0.490 e. The van der Waals surface area contributed by atoms with Gasteiger partial charge in [0.25, 0.3) is 0 Å². The van der Waals surface area contributed by atoms with Gasteiger partial charge >= 0.3 is 5.69 Å². The van der Waals surface area contributed by atoms with Crippen LogP contribution in [-0.2, 0) is 0 Å². The zero-order valence-electron chi connectivity index (χ0n) is 12.6. The van der Waals surface area contributed by atoms with Gasteiger partial charge < -0.3 is 4.74 Å². The van der Waals surface area contributed by atoms with Crippen LogP contribution in [0, 0.1) is 10.1 Å². The lowest BCUT2D eigenvalue weighted by Gasteiger charge is -2.06. The molecular formula is C16H20N2O3. The van der Waals surface area contributed by atoms with Crippen molar-refractivity contribution in [3.63, 3.8) is 0 Å². The molecule has 0 aromatic heterocycles. The number of rotatable bonds is 7. The van der Waals surface area contributed by atoms with Crippen LogP contribution in [0.25, 0.3) is 5.57 Å². The van der Waals surface area contributed by atoms with Gasteiger partial charge in [-0.3, -0.25) is 15.1 Å². The van der Waals surface area contributed by atoms with Gasteiger partial charge in [-0.1, -0.05) is 25.2 Å². The lowest BCUT2D eigenvalue weighted by atomic mass is 10.1. The first-order valence-electron chi connectivity index (χ1n) is 6.79. The smallest absolute Gasteiger partial charge is 0.310 e. The summed E-state index contributed by atoms with van der Waals surface area (Å²) < 4.78 is 5.10. The zero-order valence-corrected chi connectivity index (χ0v) is 12.6. The van der Waals surface area contributed by atoms with Crippen molar-refractivity contribution >= 4 is 17.5 Å². The molecule has 1 rings (SSSR count). The van der Waals surface area contributed by atoms with Crippen molar-refractivity contribution in [3.05, 3.63) is 52.1 Å². The summed E-state index contributed by atoms with van der Waals surface area (Å²) in [5, 5.41) is 10.9. The standard InChI is InChI=1S/C16H20N2O3/c1-4-6-7-14(12-17-10-5-2)13-8-9-15(18(19)20)16(11-13)21-3/h4,6-9,11-12H,5,10H2,1-3H3/b6-4-,14-7+,17-12+. The lowest BCUT2D eigenvalue weighted by molar-refractivity contribution is -0.385. The number of nitro groups is 1. The number of benzene rings is 1. The number of hydrogen-bond acceptors (Lipinski definition) is 4. The van der Waals surface area contributed by atoms with Crippen molar-refractivity contribution in [3.8, 4) is 5.75 Å². The number of allylic oxidation sites excluding steroid dienone is 4. The minimum Gasteiger partial charge on any atom is -0.490 e. The molecule has 0 N–H and O–H groups in total. The van der Waals surface area contributed by atoms with E-state index in [0.717, 1.165) is 24.1 Å². The van der Waals surface area contributed by atoms with Crippen LogP contribution >= 0.6 is 0 Å². The fourth-order valence-electron chi connectivity index (χ4n) is 1.71. The molecule has 0 aliphatic heterocycles. The molecule has 0 bridgehead atoms. The van der Waals surface area contributed by atoms with E-state index in [4.69, 9.17) is 4.74 Å². The molecule has 0 aliphatic carbocycles. The summed E-state index contributed by atoms with van der Waals surface area (Å²) in [6.07, 6.45) is 8.48. The highest BCUT2D eigenvalue weighted by molar-refractivity contribution is 6.10. The number of nitro benzene ring substituents is 1. The molecule has 0 heterocycles. The Bertz CT molecular complexity index is 575. The van der Waals surface area contributed by atoms with E-state index in [1.165, 1.54) is 13.2 Å². The summed E-state index contributed by atoms with van der Waals surface area (Å²) in [6, 6.07) is 4.81. The number of hydrogen-bond donors (Lipinski definition) is 0. The summed E-state index contributed by atoms with van der Waals surface area (Å²) in [7, 11) is 1.42. The Labute approximate surface area is 124 Å². The average Bonchev–Trinajstić information content (AvgIpc) is 2.50. The third-order valence-corrected chi connectivity index (χ3v) is 2.76. The second-order valence-electron chi connectivity index (χ2n) is 4.33. The van der Waals surface area contributed by atoms with Crippen LogP contribution in [0.3, 0.4) is 0 Å². The molecule has 0 fully saturated rings. The van der Waals surface area contributed by atoms with E-state index in [-0.39, 0.29) is 11.4 Å². The fourth-order valence-corrected chi connectivity index (χ4v) is 1.71. The predicted octanol–water partition coefficient (Wildman–Crippen LogP) is 4.04. The molecule has 0 unspecified atom stereocenters. The maximum Gasteiger partial charge on any atom is 0.310 e. The van der Waals surface area contributed by atoms with Crippen molar-refractivity contribution in [1.82, 2.24) is 0 Å². The van der Waals surface area contributed by atoms with Crippen LogP contribution in [0.5, 0.6) is 5.75 Å². The fraction of sp³-hybridized carbons (Fsp3) is 0.312. The Balaban J connectivity index is 3.22. The van der Waals surface area contributed by atoms with Crippen LogP contribution < -0.4 is 4.74 Å². The van der Waals surface area contributed by atoms with E-state index in [2.05, 4.69) is 11.9 Å². The molecule has 1 aromatic carbocycles. The van der Waals surface area contributed by atoms with Crippen LogP contribution in [0.1, 0.15) is 25.8 Å². The van der Waals surface area contributed by atoms with Gasteiger partial charge in [0.1, 0.15) is 0 Å². The van der Waals surface area contributed by atoms with Gasteiger partial charge in [0.15, 0.2) is 5.75 Å². The van der Waals surface area contributed by atoms with E-state index in [9.17, 15) is 10.1 Å². The summed E-state index contributed by atoms with van der Waals surface area (Å²) in [5.74, 6) is 0.243. The molecule has 0 spiro atoms. The SMILES string of the molecule is C\C=C/C=C(\C=N\CCC)c1ccc([N+](=O)[O-])c(OC)c1. The summed E-state index contributed by atoms with van der Waals surface area (Å²) in [4.78, 5) is 14.8. The van der Waals surface area contributed by atoms with E-state index >= 15 is 0 Å². The van der Waals surface area contributed by atoms with Gasteiger partial charge in [-0.15, -0.1) is 0 Å². The molecule has 112 valence electrons. The van der Waals surface area contributed by atoms with Gasteiger partial charge in [0, 0.05) is 18.8 Å². The van der Waals surface area contributed by atoms with E-state index in [1.54, 1.807) is 18.3 Å². The molecule has 0 radical (unpaired) electrons. The first-order chi connectivity index (χ1) is 10.1. The molecule has 21 heavy (non-hydrogen) atoms. The Morgan fingerprint density at radius 3 is 2.81 bits per heavy atom. The first kappa shape index (κ1) is 16.6. The van der Waals surface area contributed by atoms with Gasteiger partial charge in [0.05, 0.1) is 12.0 Å². The van der Waals surface area contributed by atoms with Crippen molar-refractivity contribution in [2.75, 3.05) is 13.7 Å². The first-order valence-corrected chi connectivity index (χ1v) is 6.79. The Hall–Kier alpha value is -2.43. The van der Waals surface area contributed by atoms with Crippen molar-refractivity contribution in [2.45, 2.75) is 20.3 Å². The summed E-state index contributed by atoms with van der Waals surface area (Å²) in [5.41, 5.74) is 1.67. The molecular weight excluding hydrogens is 268 g/mol. The zero-order chi connectivity index (χ0) is 15.7. The molecule has 0 saturated heterocycles. The number of ether oxygens (including phenoxy) is 1. The highest BCUT2D eigenvalue weighted by atomic mass is 16.6. The van der Waals surface area contributed by atoms with Crippen LogP contribution in [0.4, 0.5) is 5.69 Å². The summed E-state index contributed by atoms with van der Waals surface area (Å²) in [6.45, 7) is 4.73. The monoisotopic (exact) mass is 288 g/mol. The third-order valence-electron chi connectivity index (χ3n) is 2.76. The Kier molecular flexibility index (Phi) is 6.87. The summed E-state index contributed by atoms with van der Waals surface area (Å²) >= 11 is 0. The highest BCUT2D eigenvalue weighted by Gasteiger charge is 2.15. The number of nitrogens with zero attached hydrogens (tertiary/aromatic N) is 2. The van der Waals surface area contributed by atoms with Gasteiger partial charge in [-0.05, 0) is 36.6 Å². The Morgan fingerprint density at radius 1 is 1.48 bits per heavy atom. The van der Waals surface area contributed by atoms with E-state index < -0.39 is 4.92 Å². The quantitative estimate of drug-likeness (QED) is 0.329. The third kappa shape index (κ3) is 4.87. The van der Waals surface area contributed by atoms with Gasteiger partial charge in [-0.2, -0.15) is 0 Å². The van der Waals surface area contributed by atoms with Crippen molar-refractivity contribution < 1.29 is 9.66 Å². The van der Waals surface area contributed by atoms with Crippen LogP contribution in [0.2, 0.25) is 0 Å². The van der Waals surface area contributed by atoms with Gasteiger partial charge in [0.2, 0.25) is 0 Å². The second-order valence-corrected chi connectivity index (χ2v) is 4.33. The normalized spacial score (nSPS) is 12.2. The maximum absolute atomic E-state index is 10.9. The lowest BCUT2D eigenvalue weighted by Crippen LogP contribution is -1.96. The van der Waals surface area contributed by atoms with Crippen LogP contribution in [0.15, 0.2) is 41.4 Å². The minimum atomic E-state index is -0.455. The molecule has 5 nitrogen and oxygen atoms in total. The highest BCUT2D eigenvalue weighted by Crippen LogP contribution is 2.29. The minimum absolute atomic E-state index is 0.0443. The molecule has 5 heteroatoms. The molecule has 0 aliphatic rings. The van der Waals surface area contributed by atoms with Crippen LogP contribution in [-0.4, -0.2) is 24.8 Å². The molecule has 1 aromatic rings. The van der Waals surface area contributed by atoms with Gasteiger partial charge in [-0.25, -0.2) is 0 Å². The average molecular weight is 288 g/mol. The number of methoxy groups -OCH3 is 1. The predicted molar refractivity (Wildman–Crippen MR) is 86.1 cm³/mol. The van der Waals surface area contributed by atoms with E-state index in [1.807, 2.05) is 25.2 Å². The molecule has 0 amide bonds. The second kappa shape index (κ2) is 8.68. The molecule has 0 saturated carbocycles. The van der Waals surface area contributed by atoms with E-state index in [0.29, 0.717) is 0 Å². The Morgan fingerprint density at radius 2 is 2.24 bits per heavy atom.